The molecular formula is C5H8N4O4S. The van der Waals surface area contributed by atoms with Crippen LogP contribution in [0.2, 0.25) is 0 Å². The Bertz CT molecular complexity index is 462. The zero-order valence-corrected chi connectivity index (χ0v) is 8.24. The molecule has 0 bridgehead atoms. The number of nitrogens with zero attached hydrogens (tertiary/aromatic N) is 3. The third kappa shape index (κ3) is 1.88. The quantitative estimate of drug-likeness (QED) is 0.628. The predicted octanol–water partition coefficient (Wildman–Crippen LogP) is -0.773. The van der Waals surface area contributed by atoms with E-state index in [1.165, 1.54) is 14.0 Å². The lowest BCUT2D eigenvalue weighted by molar-refractivity contribution is 0.0922. The molecule has 1 heterocycles. The van der Waals surface area contributed by atoms with Gasteiger partial charge in [0.05, 0.1) is 0 Å². The summed E-state index contributed by atoms with van der Waals surface area (Å²) in [5.74, 6) is -0.568. The highest BCUT2D eigenvalue weighted by Gasteiger charge is 2.20. The summed E-state index contributed by atoms with van der Waals surface area (Å²) >= 11 is 0. The second-order valence-corrected chi connectivity index (χ2v) is 3.69. The number of nitrogens with one attached hydrogen (secondary N) is 1. The van der Waals surface area contributed by atoms with Crippen molar-refractivity contribution in [3.05, 3.63) is 0 Å². The highest BCUT2D eigenvalue weighted by molar-refractivity contribution is 7.85. The van der Waals surface area contributed by atoms with Gasteiger partial charge in [0.15, 0.2) is 0 Å². The lowest BCUT2D eigenvalue weighted by atomic mass is 10.7. The molecule has 0 fully saturated rings. The van der Waals surface area contributed by atoms with E-state index in [1.807, 2.05) is 0 Å². The Hall–Kier alpha value is -1.48. The molecule has 78 valence electrons. The van der Waals surface area contributed by atoms with Crippen LogP contribution >= 0.6 is 0 Å². The van der Waals surface area contributed by atoms with Gasteiger partial charge >= 0.3 is 10.1 Å². The van der Waals surface area contributed by atoms with Crippen molar-refractivity contribution < 1.29 is 17.8 Å². The largest absolute Gasteiger partial charge is 0.357 e. The van der Waals surface area contributed by atoms with Crippen molar-refractivity contribution in [2.75, 3.05) is 12.4 Å². The Morgan fingerprint density at radius 1 is 1.57 bits per heavy atom. The van der Waals surface area contributed by atoms with Crippen LogP contribution in [0.25, 0.3) is 0 Å². The molecule has 0 radical (unpaired) electrons. The Balaban J connectivity index is 3.34. The maximum absolute atomic E-state index is 10.9. The van der Waals surface area contributed by atoms with E-state index in [1.54, 1.807) is 0 Å². The lowest BCUT2D eigenvalue weighted by Gasteiger charge is -1.96. The van der Waals surface area contributed by atoms with E-state index in [4.69, 9.17) is 4.55 Å². The molecule has 0 spiro atoms. The van der Waals surface area contributed by atoms with Gasteiger partial charge in [0.2, 0.25) is 11.9 Å². The summed E-state index contributed by atoms with van der Waals surface area (Å²) in [6, 6.07) is 0. The Labute approximate surface area is 79.7 Å². The van der Waals surface area contributed by atoms with E-state index in [0.717, 1.165) is 4.68 Å². The van der Waals surface area contributed by atoms with Crippen LogP contribution < -0.4 is 5.32 Å². The number of rotatable bonds is 2. The van der Waals surface area contributed by atoms with Gasteiger partial charge in [0.1, 0.15) is 0 Å². The van der Waals surface area contributed by atoms with Crippen molar-refractivity contribution in [2.45, 2.75) is 12.1 Å². The van der Waals surface area contributed by atoms with Crippen molar-refractivity contribution >= 4 is 22.0 Å². The first-order chi connectivity index (χ1) is 6.36. The molecule has 0 aromatic carbocycles. The Morgan fingerprint density at radius 3 is 2.43 bits per heavy atom. The first-order valence-corrected chi connectivity index (χ1v) is 4.93. The molecule has 0 atom stereocenters. The van der Waals surface area contributed by atoms with Gasteiger partial charge in [-0.05, 0) is 0 Å². The first kappa shape index (κ1) is 10.6. The molecule has 0 aliphatic carbocycles. The molecule has 0 unspecified atom stereocenters. The number of aromatic nitrogens is 3. The van der Waals surface area contributed by atoms with Crippen LogP contribution in [0, 0.1) is 0 Å². The van der Waals surface area contributed by atoms with Crippen LogP contribution in [-0.4, -0.2) is 40.7 Å². The summed E-state index contributed by atoms with van der Waals surface area (Å²) in [5.41, 5.74) is 0. The Morgan fingerprint density at radius 2 is 2.14 bits per heavy atom. The van der Waals surface area contributed by atoms with E-state index in [0.29, 0.717) is 0 Å². The number of hydrogen-bond acceptors (Lipinski definition) is 6. The summed E-state index contributed by atoms with van der Waals surface area (Å²) in [4.78, 5) is 14.3. The van der Waals surface area contributed by atoms with Crippen molar-refractivity contribution in [1.82, 2.24) is 14.8 Å². The van der Waals surface area contributed by atoms with Crippen LogP contribution in [-0.2, 0) is 10.1 Å². The molecule has 0 amide bonds. The number of carbonyl (C=O) groups excluding carboxylic acids is 1. The monoisotopic (exact) mass is 220 g/mol. The normalized spacial score (nSPS) is 11.4. The number of hydrogen-bond donors (Lipinski definition) is 2. The second kappa shape index (κ2) is 3.35. The molecule has 1 aromatic heterocycles. The van der Waals surface area contributed by atoms with Gasteiger partial charge in [0.25, 0.3) is 5.16 Å². The standard InChI is InChI=1S/C5H8N4O4S/c1-3(10)9-4(6-2)7-5(8-9)14(11,12)13/h1-2H3,(H,6,7,8)(H,11,12,13). The maximum Gasteiger partial charge on any atom is 0.332 e. The van der Waals surface area contributed by atoms with Crippen molar-refractivity contribution in [2.24, 2.45) is 0 Å². The highest BCUT2D eigenvalue weighted by Crippen LogP contribution is 2.08. The molecule has 8 nitrogen and oxygen atoms in total. The predicted molar refractivity (Wildman–Crippen MR) is 45.7 cm³/mol. The number of anilines is 1. The Kier molecular flexibility index (Phi) is 2.53. The van der Waals surface area contributed by atoms with Gasteiger partial charge in [0, 0.05) is 14.0 Å². The minimum absolute atomic E-state index is 0.0508. The molecule has 2 N–H and O–H groups in total. The maximum atomic E-state index is 10.9. The van der Waals surface area contributed by atoms with Gasteiger partial charge in [-0.15, -0.1) is 5.10 Å². The second-order valence-electron chi connectivity index (χ2n) is 2.37. The fourth-order valence-electron chi connectivity index (χ4n) is 0.784. The van der Waals surface area contributed by atoms with Crippen LogP contribution in [0.4, 0.5) is 5.95 Å². The minimum Gasteiger partial charge on any atom is -0.357 e. The van der Waals surface area contributed by atoms with Crippen molar-refractivity contribution in [1.29, 1.82) is 0 Å². The fraction of sp³-hybridized carbons (Fsp3) is 0.400. The van der Waals surface area contributed by atoms with Crippen LogP contribution in [0.15, 0.2) is 5.16 Å². The zero-order chi connectivity index (χ0) is 10.9. The van der Waals surface area contributed by atoms with E-state index in [-0.39, 0.29) is 5.95 Å². The molecule has 0 aliphatic heterocycles. The fourth-order valence-corrected chi connectivity index (χ4v) is 1.17. The van der Waals surface area contributed by atoms with Crippen LogP contribution in [0.1, 0.15) is 11.7 Å². The van der Waals surface area contributed by atoms with Crippen LogP contribution in [0.3, 0.4) is 0 Å². The molecule has 0 saturated carbocycles. The van der Waals surface area contributed by atoms with E-state index in [2.05, 4.69) is 15.4 Å². The van der Waals surface area contributed by atoms with Crippen LogP contribution in [0.5, 0.6) is 0 Å². The average Bonchev–Trinajstić information content (AvgIpc) is 2.45. The molecular weight excluding hydrogens is 212 g/mol. The van der Waals surface area contributed by atoms with Gasteiger partial charge in [-0.25, -0.2) is 0 Å². The van der Waals surface area contributed by atoms with Crippen molar-refractivity contribution in [3.63, 3.8) is 0 Å². The summed E-state index contributed by atoms with van der Waals surface area (Å²) in [7, 11) is -3.04. The molecule has 0 saturated heterocycles. The molecule has 0 aliphatic rings. The highest BCUT2D eigenvalue weighted by atomic mass is 32.2. The third-order valence-electron chi connectivity index (χ3n) is 1.34. The van der Waals surface area contributed by atoms with Gasteiger partial charge in [-0.3, -0.25) is 9.35 Å². The minimum atomic E-state index is -4.48. The topological polar surface area (TPSA) is 114 Å². The van der Waals surface area contributed by atoms with Gasteiger partial charge < -0.3 is 5.32 Å². The molecule has 14 heavy (non-hydrogen) atoms. The van der Waals surface area contributed by atoms with Crippen molar-refractivity contribution in [3.8, 4) is 0 Å². The van der Waals surface area contributed by atoms with Gasteiger partial charge in [-0.1, -0.05) is 0 Å². The number of carbonyl (C=O) groups is 1. The zero-order valence-electron chi connectivity index (χ0n) is 7.42. The molecule has 9 heteroatoms. The van der Waals surface area contributed by atoms with E-state index >= 15 is 0 Å². The smallest absolute Gasteiger partial charge is 0.332 e. The summed E-state index contributed by atoms with van der Waals surface area (Å²) in [5, 5.41) is 4.96. The lowest BCUT2D eigenvalue weighted by Crippen LogP contribution is -2.11. The SMILES string of the molecule is CNc1nc(S(=O)(=O)O)nn1C(C)=O. The van der Waals surface area contributed by atoms with E-state index in [9.17, 15) is 13.2 Å². The summed E-state index contributed by atoms with van der Waals surface area (Å²) in [6.07, 6.45) is 0. The first-order valence-electron chi connectivity index (χ1n) is 3.49. The summed E-state index contributed by atoms with van der Waals surface area (Å²) in [6.45, 7) is 1.18. The summed E-state index contributed by atoms with van der Waals surface area (Å²) < 4.78 is 30.6. The third-order valence-corrected chi connectivity index (χ3v) is 1.97. The molecule has 1 aromatic rings. The molecule has 1 rings (SSSR count). The van der Waals surface area contributed by atoms with E-state index < -0.39 is 21.2 Å². The van der Waals surface area contributed by atoms with Gasteiger partial charge in [-0.2, -0.15) is 18.1 Å². The average molecular weight is 220 g/mol.